The van der Waals surface area contributed by atoms with Gasteiger partial charge in [-0.05, 0) is 49.6 Å². The molecule has 0 aliphatic heterocycles. The molecule has 202 valence electrons. The number of halogens is 5. The zero-order valence-electron chi connectivity index (χ0n) is 20.1. The fraction of sp³-hybridized carbons (Fsp3) is 0.417. The van der Waals surface area contributed by atoms with Gasteiger partial charge >= 0.3 is 0 Å². The van der Waals surface area contributed by atoms with Crippen molar-refractivity contribution in [3.05, 3.63) is 61.0 Å². The lowest BCUT2D eigenvalue weighted by atomic mass is 10.1. The van der Waals surface area contributed by atoms with E-state index in [0.717, 1.165) is 36.2 Å². The van der Waals surface area contributed by atoms with Gasteiger partial charge in [0.05, 0.1) is 27.0 Å². The maximum Gasteiger partial charge on any atom is 0.244 e. The second-order valence-electron chi connectivity index (χ2n) is 8.91. The van der Waals surface area contributed by atoms with Crippen molar-refractivity contribution < 1.29 is 18.0 Å². The van der Waals surface area contributed by atoms with Gasteiger partial charge in [-0.15, -0.1) is 0 Å². The molecule has 1 fully saturated rings. The summed E-state index contributed by atoms with van der Waals surface area (Å²) in [5.41, 5.74) is 0.526. The minimum atomic E-state index is -3.99. The van der Waals surface area contributed by atoms with Crippen molar-refractivity contribution in [2.75, 3.05) is 17.1 Å². The van der Waals surface area contributed by atoms with Crippen LogP contribution >= 0.6 is 58.0 Å². The van der Waals surface area contributed by atoms with Gasteiger partial charge in [0.2, 0.25) is 21.8 Å². The number of hydrogen-bond donors (Lipinski definition) is 1. The first-order valence-corrected chi connectivity index (χ1v) is 15.2. The lowest BCUT2D eigenvalue weighted by molar-refractivity contribution is -0.139. The molecule has 1 N–H and O–H groups in total. The summed E-state index contributed by atoms with van der Waals surface area (Å²) in [7, 11) is -3.99. The number of carbonyl (C=O) groups excluding carboxylic acids is 2. The van der Waals surface area contributed by atoms with Gasteiger partial charge in [0.1, 0.15) is 12.6 Å². The lowest BCUT2D eigenvalue weighted by Crippen LogP contribution is -2.52. The number of amides is 2. The second kappa shape index (κ2) is 12.6. The first-order valence-electron chi connectivity index (χ1n) is 11.4. The Balaban J connectivity index is 1.95. The average molecular weight is 630 g/mol. The molecule has 2 amide bonds. The second-order valence-corrected chi connectivity index (χ2v) is 12.9. The van der Waals surface area contributed by atoms with Crippen LogP contribution in [0.4, 0.5) is 5.69 Å². The van der Waals surface area contributed by atoms with Gasteiger partial charge in [-0.2, -0.15) is 0 Å². The number of nitrogens with zero attached hydrogens (tertiary/aromatic N) is 2. The van der Waals surface area contributed by atoms with E-state index < -0.39 is 28.5 Å². The van der Waals surface area contributed by atoms with Crippen molar-refractivity contribution in [2.24, 2.45) is 0 Å². The molecule has 0 radical (unpaired) electrons. The van der Waals surface area contributed by atoms with Crippen LogP contribution < -0.4 is 9.62 Å². The maximum absolute atomic E-state index is 13.7. The molecule has 0 aromatic heterocycles. The molecule has 1 aliphatic rings. The summed E-state index contributed by atoms with van der Waals surface area (Å²) in [6.07, 6.45) is 4.72. The van der Waals surface area contributed by atoms with Gasteiger partial charge < -0.3 is 10.2 Å². The van der Waals surface area contributed by atoms with E-state index in [1.54, 1.807) is 19.1 Å². The van der Waals surface area contributed by atoms with Crippen LogP contribution in [-0.4, -0.2) is 50.0 Å². The van der Waals surface area contributed by atoms with E-state index in [-0.39, 0.29) is 39.2 Å². The quantitative estimate of drug-likeness (QED) is 0.335. The summed E-state index contributed by atoms with van der Waals surface area (Å²) >= 11 is 30.7. The monoisotopic (exact) mass is 627 g/mol. The molecule has 1 aliphatic carbocycles. The van der Waals surface area contributed by atoms with Crippen LogP contribution in [0.5, 0.6) is 0 Å². The van der Waals surface area contributed by atoms with E-state index in [9.17, 15) is 18.0 Å². The predicted molar refractivity (Wildman–Crippen MR) is 151 cm³/mol. The predicted octanol–water partition coefficient (Wildman–Crippen LogP) is 6.20. The van der Waals surface area contributed by atoms with Crippen molar-refractivity contribution in [1.29, 1.82) is 0 Å². The number of anilines is 1. The Hall–Kier alpha value is -1.42. The number of sulfonamides is 1. The Kier molecular flexibility index (Phi) is 10.3. The smallest absolute Gasteiger partial charge is 0.244 e. The van der Waals surface area contributed by atoms with Gasteiger partial charge in [-0.1, -0.05) is 76.9 Å². The molecule has 3 rings (SSSR count). The summed E-state index contributed by atoms with van der Waals surface area (Å²) in [6.45, 7) is 0.895. The highest BCUT2D eigenvalue weighted by atomic mass is 35.5. The highest BCUT2D eigenvalue weighted by Crippen LogP contribution is 2.36. The van der Waals surface area contributed by atoms with E-state index >= 15 is 0 Å². The number of benzene rings is 2. The Morgan fingerprint density at radius 3 is 2.19 bits per heavy atom. The van der Waals surface area contributed by atoms with Gasteiger partial charge in [-0.25, -0.2) is 8.42 Å². The Morgan fingerprint density at radius 1 is 0.973 bits per heavy atom. The maximum atomic E-state index is 13.7. The van der Waals surface area contributed by atoms with Gasteiger partial charge in [0.25, 0.3) is 0 Å². The van der Waals surface area contributed by atoms with Crippen molar-refractivity contribution in [2.45, 2.75) is 51.2 Å². The first-order chi connectivity index (χ1) is 17.3. The van der Waals surface area contributed by atoms with Crippen LogP contribution in [0.15, 0.2) is 30.3 Å². The molecule has 2 aromatic carbocycles. The number of nitrogens with one attached hydrogen (secondary N) is 1. The third-order valence-corrected chi connectivity index (χ3v) is 8.90. The fourth-order valence-electron chi connectivity index (χ4n) is 4.11. The van der Waals surface area contributed by atoms with Gasteiger partial charge in [0.15, 0.2) is 0 Å². The largest absolute Gasteiger partial charge is 0.352 e. The molecule has 1 saturated carbocycles. The summed E-state index contributed by atoms with van der Waals surface area (Å²) < 4.78 is 26.3. The molecule has 7 nitrogen and oxygen atoms in total. The van der Waals surface area contributed by atoms with Crippen molar-refractivity contribution >= 4 is 85.5 Å². The molecule has 37 heavy (non-hydrogen) atoms. The van der Waals surface area contributed by atoms with Crippen LogP contribution in [0.3, 0.4) is 0 Å². The fourth-order valence-corrected chi connectivity index (χ4v) is 6.12. The third kappa shape index (κ3) is 7.80. The van der Waals surface area contributed by atoms with E-state index in [0.29, 0.717) is 15.6 Å². The third-order valence-electron chi connectivity index (χ3n) is 6.16. The summed E-state index contributed by atoms with van der Waals surface area (Å²) in [6, 6.07) is 6.48. The SMILES string of the molecule is C[C@@H](C(=O)NC1CCCC1)N(Cc1ccc(Cl)cc1Cl)C(=O)CN(c1cc(Cl)c(Cl)cc1Cl)S(C)(=O)=O. The Morgan fingerprint density at radius 2 is 1.59 bits per heavy atom. The molecule has 2 aromatic rings. The zero-order chi connectivity index (χ0) is 27.5. The van der Waals surface area contributed by atoms with Gasteiger partial charge in [0, 0.05) is 22.6 Å². The number of hydrogen-bond acceptors (Lipinski definition) is 4. The minimum Gasteiger partial charge on any atom is -0.352 e. The van der Waals surface area contributed by atoms with Crippen LogP contribution in [-0.2, 0) is 26.2 Å². The molecule has 13 heteroatoms. The van der Waals surface area contributed by atoms with Crippen LogP contribution in [0.2, 0.25) is 25.1 Å². The summed E-state index contributed by atoms with van der Waals surface area (Å²) in [4.78, 5) is 28.1. The average Bonchev–Trinajstić information content (AvgIpc) is 3.31. The minimum absolute atomic E-state index is 0.00746. The van der Waals surface area contributed by atoms with E-state index in [1.807, 2.05) is 0 Å². The number of carbonyl (C=O) groups is 2. The highest BCUT2D eigenvalue weighted by molar-refractivity contribution is 7.92. The standard InChI is InChI=1S/C24H26Cl5N3O4S/c1-14(24(34)30-17-5-3-4-6-17)31(12-15-7-8-16(25)9-18(15)26)23(33)13-32(37(2,35)36)22-11-20(28)19(27)10-21(22)29/h7-11,14,17H,3-6,12-13H2,1-2H3,(H,30,34)/t14-/m0/s1. The van der Waals surface area contributed by atoms with E-state index in [2.05, 4.69) is 5.32 Å². The van der Waals surface area contributed by atoms with E-state index in [1.165, 1.54) is 23.1 Å². The number of rotatable bonds is 9. The highest BCUT2D eigenvalue weighted by Gasteiger charge is 2.32. The first kappa shape index (κ1) is 30.1. The zero-order valence-corrected chi connectivity index (χ0v) is 24.7. The molecular formula is C24H26Cl5N3O4S. The van der Waals surface area contributed by atoms with Crippen LogP contribution in [0, 0.1) is 0 Å². The van der Waals surface area contributed by atoms with Gasteiger partial charge in [-0.3, -0.25) is 13.9 Å². The summed E-state index contributed by atoms with van der Waals surface area (Å²) in [5, 5.41) is 3.90. The van der Waals surface area contributed by atoms with Crippen molar-refractivity contribution in [1.82, 2.24) is 10.2 Å². The Labute approximate surface area is 242 Å². The van der Waals surface area contributed by atoms with E-state index in [4.69, 9.17) is 58.0 Å². The molecule has 0 unspecified atom stereocenters. The van der Waals surface area contributed by atoms with Crippen LogP contribution in [0.25, 0.3) is 0 Å². The molecule has 0 bridgehead atoms. The molecular weight excluding hydrogens is 604 g/mol. The molecule has 1 atom stereocenters. The van der Waals surface area contributed by atoms with Crippen LogP contribution in [0.1, 0.15) is 38.2 Å². The van der Waals surface area contributed by atoms with Crippen molar-refractivity contribution in [3.63, 3.8) is 0 Å². The molecule has 0 heterocycles. The molecule has 0 spiro atoms. The van der Waals surface area contributed by atoms with Crippen molar-refractivity contribution in [3.8, 4) is 0 Å². The normalized spacial score (nSPS) is 14.9. The summed E-state index contributed by atoms with van der Waals surface area (Å²) in [5.74, 6) is -0.989. The Bertz CT molecular complexity index is 1290. The lowest BCUT2D eigenvalue weighted by Gasteiger charge is -2.32. The topological polar surface area (TPSA) is 86.8 Å². The molecule has 0 saturated heterocycles.